The summed E-state index contributed by atoms with van der Waals surface area (Å²) in [5.74, 6) is 2.85. The first kappa shape index (κ1) is 20.2. The molecule has 3 heterocycles. The van der Waals surface area contributed by atoms with Crippen LogP contribution in [0, 0.1) is 0 Å². The molecule has 0 bridgehead atoms. The van der Waals surface area contributed by atoms with E-state index in [0.717, 1.165) is 30.0 Å². The summed E-state index contributed by atoms with van der Waals surface area (Å²) in [5, 5.41) is 6.89. The topological polar surface area (TPSA) is 98.7 Å². The number of hydrogen-bond donors (Lipinski definition) is 1. The number of aromatic nitrogens is 3. The van der Waals surface area contributed by atoms with Crippen LogP contribution in [-0.2, 0) is 6.54 Å². The molecule has 1 fully saturated rings. The Morgan fingerprint density at radius 2 is 1.88 bits per heavy atom. The first-order valence-electron chi connectivity index (χ1n) is 10.6. The highest BCUT2D eigenvalue weighted by atomic mass is 16.7. The summed E-state index contributed by atoms with van der Waals surface area (Å²) in [6, 6.07) is 12.9. The van der Waals surface area contributed by atoms with Crippen LogP contribution in [0.1, 0.15) is 40.5 Å². The molecule has 9 nitrogen and oxygen atoms in total. The fourth-order valence-corrected chi connectivity index (χ4v) is 4.26. The number of benzene rings is 2. The van der Waals surface area contributed by atoms with E-state index < -0.39 is 0 Å². The highest BCUT2D eigenvalue weighted by Gasteiger charge is 2.29. The van der Waals surface area contributed by atoms with Crippen LogP contribution in [0.5, 0.6) is 17.2 Å². The lowest BCUT2D eigenvalue weighted by atomic mass is 9.95. The van der Waals surface area contributed by atoms with Gasteiger partial charge in [-0.05, 0) is 48.7 Å². The van der Waals surface area contributed by atoms with Gasteiger partial charge in [-0.1, -0.05) is 12.1 Å². The Hall–Kier alpha value is -3.75. The number of nitrogens with one attached hydrogen (secondary N) is 1. The molecule has 2 aromatic carbocycles. The smallest absolute Gasteiger partial charge is 0.343 e. The van der Waals surface area contributed by atoms with Crippen LogP contribution in [0.3, 0.4) is 0 Å². The molecule has 1 N–H and O–H groups in total. The van der Waals surface area contributed by atoms with E-state index in [9.17, 15) is 9.59 Å². The molecule has 2 aliphatic rings. The number of nitrogens with zero attached hydrogens (tertiary/aromatic N) is 3. The third-order valence-electron chi connectivity index (χ3n) is 6.05. The first-order valence-corrected chi connectivity index (χ1v) is 10.6. The molecule has 1 saturated heterocycles. The Labute approximate surface area is 184 Å². The van der Waals surface area contributed by atoms with Crippen LogP contribution in [-0.4, -0.2) is 52.6 Å². The van der Waals surface area contributed by atoms with Gasteiger partial charge in [-0.2, -0.15) is 5.10 Å². The molecule has 9 heteroatoms. The van der Waals surface area contributed by atoms with Gasteiger partial charge in [0.05, 0.1) is 13.7 Å². The Morgan fingerprint density at radius 3 is 2.62 bits per heavy atom. The summed E-state index contributed by atoms with van der Waals surface area (Å²) < 4.78 is 17.6. The van der Waals surface area contributed by atoms with E-state index >= 15 is 0 Å². The minimum absolute atomic E-state index is 0.0283. The van der Waals surface area contributed by atoms with E-state index in [2.05, 4.69) is 10.2 Å². The van der Waals surface area contributed by atoms with Crippen molar-refractivity contribution < 1.29 is 19.0 Å². The van der Waals surface area contributed by atoms with Crippen molar-refractivity contribution in [3.63, 3.8) is 0 Å². The Balaban J connectivity index is 1.26. The third kappa shape index (κ3) is 3.81. The number of methoxy groups -OCH3 is 1. The van der Waals surface area contributed by atoms with Gasteiger partial charge in [0.25, 0.3) is 5.91 Å². The van der Waals surface area contributed by atoms with Gasteiger partial charge in [-0.25, -0.2) is 9.89 Å². The van der Waals surface area contributed by atoms with Gasteiger partial charge in [0, 0.05) is 24.6 Å². The number of carbonyl (C=O) groups is 1. The predicted octanol–water partition coefficient (Wildman–Crippen LogP) is 2.38. The molecular formula is C23H24N4O5. The number of amides is 1. The highest BCUT2D eigenvalue weighted by molar-refractivity contribution is 5.95. The van der Waals surface area contributed by atoms with Gasteiger partial charge in [0.15, 0.2) is 11.5 Å². The van der Waals surface area contributed by atoms with Crippen LogP contribution in [0.15, 0.2) is 47.3 Å². The van der Waals surface area contributed by atoms with Crippen LogP contribution in [0.25, 0.3) is 0 Å². The van der Waals surface area contributed by atoms with E-state index in [1.54, 1.807) is 29.9 Å². The van der Waals surface area contributed by atoms with Gasteiger partial charge in [0.1, 0.15) is 11.6 Å². The number of H-pyrrole nitrogens is 1. The van der Waals surface area contributed by atoms with Crippen LogP contribution < -0.4 is 19.9 Å². The first-order chi connectivity index (χ1) is 15.6. The summed E-state index contributed by atoms with van der Waals surface area (Å²) in [6.45, 7) is 1.81. The van der Waals surface area contributed by atoms with Gasteiger partial charge in [-0.3, -0.25) is 9.36 Å². The van der Waals surface area contributed by atoms with E-state index in [-0.39, 0.29) is 24.3 Å². The molecule has 0 spiro atoms. The average molecular weight is 436 g/mol. The van der Waals surface area contributed by atoms with Crippen LogP contribution in [0.2, 0.25) is 0 Å². The zero-order chi connectivity index (χ0) is 22.1. The van der Waals surface area contributed by atoms with Crippen molar-refractivity contribution in [2.45, 2.75) is 25.3 Å². The molecule has 0 radical (unpaired) electrons. The number of carbonyl (C=O) groups excluding carboxylic acids is 1. The van der Waals surface area contributed by atoms with Crippen molar-refractivity contribution in [1.82, 2.24) is 19.7 Å². The number of piperidine rings is 1. The second-order valence-electron chi connectivity index (χ2n) is 7.96. The van der Waals surface area contributed by atoms with Crippen molar-refractivity contribution >= 4 is 5.91 Å². The van der Waals surface area contributed by atoms with Crippen molar-refractivity contribution in [3.05, 3.63) is 69.9 Å². The quantitative estimate of drug-likeness (QED) is 0.659. The molecule has 0 saturated carbocycles. The van der Waals surface area contributed by atoms with Gasteiger partial charge in [-0.15, -0.1) is 0 Å². The lowest BCUT2D eigenvalue weighted by molar-refractivity contribution is 0.0710. The largest absolute Gasteiger partial charge is 0.497 e. The van der Waals surface area contributed by atoms with Crippen molar-refractivity contribution in [2.75, 3.05) is 27.0 Å². The van der Waals surface area contributed by atoms with Gasteiger partial charge in [0.2, 0.25) is 6.79 Å². The van der Waals surface area contributed by atoms with Crippen molar-refractivity contribution in [2.24, 2.45) is 0 Å². The second kappa shape index (κ2) is 8.41. The molecule has 1 amide bonds. The maximum absolute atomic E-state index is 12.9. The Bertz CT molecular complexity index is 1180. The molecule has 166 valence electrons. The van der Waals surface area contributed by atoms with Crippen molar-refractivity contribution in [1.29, 1.82) is 0 Å². The standard InChI is InChI=1S/C23H24N4O5/c1-30-18-5-2-15(3-6-18)13-27-21(24-25-23(27)29)16-8-10-26(11-9-16)22(28)17-4-7-19-20(12-17)32-14-31-19/h2-7,12,16H,8-11,13-14H2,1H3,(H,25,29). The van der Waals surface area contributed by atoms with Crippen LogP contribution >= 0.6 is 0 Å². The molecule has 3 aromatic rings. The van der Waals surface area contributed by atoms with Gasteiger partial charge < -0.3 is 19.1 Å². The number of hydrogen-bond acceptors (Lipinski definition) is 6. The van der Waals surface area contributed by atoms with Gasteiger partial charge >= 0.3 is 5.69 Å². The molecule has 32 heavy (non-hydrogen) atoms. The summed E-state index contributed by atoms with van der Waals surface area (Å²) in [6.07, 6.45) is 1.48. The molecule has 0 unspecified atom stereocenters. The summed E-state index contributed by atoms with van der Waals surface area (Å²) >= 11 is 0. The highest BCUT2D eigenvalue weighted by Crippen LogP contribution is 2.33. The zero-order valence-corrected chi connectivity index (χ0v) is 17.7. The number of ether oxygens (including phenoxy) is 3. The SMILES string of the molecule is COc1ccc(Cn2c(C3CCN(C(=O)c4ccc5c(c4)OCO5)CC3)n[nH]c2=O)cc1. The maximum atomic E-state index is 12.9. The monoisotopic (exact) mass is 436 g/mol. The minimum Gasteiger partial charge on any atom is -0.497 e. The molecule has 1 aromatic heterocycles. The summed E-state index contributed by atoms with van der Waals surface area (Å²) in [7, 11) is 1.62. The van der Waals surface area contributed by atoms with E-state index in [1.165, 1.54) is 0 Å². The molecular weight excluding hydrogens is 412 g/mol. The molecule has 5 rings (SSSR count). The number of fused-ring (bicyclic) bond motifs is 1. The van der Waals surface area contributed by atoms with E-state index in [4.69, 9.17) is 14.2 Å². The van der Waals surface area contributed by atoms with Crippen LogP contribution in [0.4, 0.5) is 0 Å². The maximum Gasteiger partial charge on any atom is 0.343 e. The van der Waals surface area contributed by atoms with E-state index in [0.29, 0.717) is 36.7 Å². The molecule has 2 aliphatic heterocycles. The second-order valence-corrected chi connectivity index (χ2v) is 7.96. The lowest BCUT2D eigenvalue weighted by Crippen LogP contribution is -2.38. The third-order valence-corrected chi connectivity index (χ3v) is 6.05. The minimum atomic E-state index is -0.227. The molecule has 0 atom stereocenters. The summed E-state index contributed by atoms with van der Waals surface area (Å²) in [5.41, 5.74) is 1.35. The fourth-order valence-electron chi connectivity index (χ4n) is 4.26. The fraction of sp³-hybridized carbons (Fsp3) is 0.348. The van der Waals surface area contributed by atoms with E-state index in [1.807, 2.05) is 29.2 Å². The Kier molecular flexibility index (Phi) is 5.30. The lowest BCUT2D eigenvalue weighted by Gasteiger charge is -2.31. The summed E-state index contributed by atoms with van der Waals surface area (Å²) in [4.78, 5) is 27.2. The normalized spacial score (nSPS) is 15.7. The number of likely N-dealkylation sites (tertiary alicyclic amines) is 1. The van der Waals surface area contributed by atoms with Crippen molar-refractivity contribution in [3.8, 4) is 17.2 Å². The number of rotatable bonds is 5. The molecule has 0 aliphatic carbocycles. The predicted molar refractivity (Wildman–Crippen MR) is 115 cm³/mol. The Morgan fingerprint density at radius 1 is 1.12 bits per heavy atom. The number of aromatic amines is 1. The zero-order valence-electron chi connectivity index (χ0n) is 17.7. The average Bonchev–Trinajstić information content (AvgIpc) is 3.45.